The minimum atomic E-state index is -0.491. The molecule has 17 heavy (non-hydrogen) atoms. The van der Waals surface area contributed by atoms with Crippen LogP contribution in [0.5, 0.6) is 5.75 Å². The molecule has 3 nitrogen and oxygen atoms in total. The van der Waals surface area contributed by atoms with Gasteiger partial charge < -0.3 is 15.2 Å². The van der Waals surface area contributed by atoms with E-state index in [2.05, 4.69) is 5.32 Å². The molecule has 1 rings (SSSR count). The van der Waals surface area contributed by atoms with Crippen molar-refractivity contribution in [1.29, 1.82) is 0 Å². The molecule has 0 bridgehead atoms. The second-order valence-corrected chi connectivity index (χ2v) is 4.43. The number of benzene rings is 1. The molecule has 2 unspecified atom stereocenters. The molecule has 2 N–H and O–H groups in total. The Morgan fingerprint density at radius 3 is 2.47 bits per heavy atom. The minimum Gasteiger partial charge on any atom is -0.494 e. The Labute approximate surface area is 104 Å². The van der Waals surface area contributed by atoms with Gasteiger partial charge in [-0.1, -0.05) is 0 Å². The van der Waals surface area contributed by atoms with E-state index in [1.54, 1.807) is 0 Å². The van der Waals surface area contributed by atoms with Gasteiger partial charge in [0.1, 0.15) is 5.75 Å². The maximum Gasteiger partial charge on any atom is 0.122 e. The summed E-state index contributed by atoms with van der Waals surface area (Å²) >= 11 is 0. The molecule has 0 aromatic heterocycles. The van der Waals surface area contributed by atoms with Gasteiger partial charge in [0.25, 0.3) is 0 Å². The van der Waals surface area contributed by atoms with Crippen molar-refractivity contribution in [1.82, 2.24) is 5.32 Å². The third kappa shape index (κ3) is 3.20. The van der Waals surface area contributed by atoms with E-state index in [0.717, 1.165) is 22.4 Å². The summed E-state index contributed by atoms with van der Waals surface area (Å²) in [4.78, 5) is 0. The SMILES string of the molecule is CCOc1cc(C)c(C(O)C(C)NC)cc1C. The Hall–Kier alpha value is -1.06. The largest absolute Gasteiger partial charge is 0.494 e. The van der Waals surface area contributed by atoms with E-state index >= 15 is 0 Å². The van der Waals surface area contributed by atoms with Gasteiger partial charge in [0.05, 0.1) is 12.7 Å². The number of aryl methyl sites for hydroxylation is 2. The molecule has 0 saturated carbocycles. The summed E-state index contributed by atoms with van der Waals surface area (Å²) in [6.07, 6.45) is -0.491. The van der Waals surface area contributed by atoms with Crippen molar-refractivity contribution in [2.24, 2.45) is 0 Å². The van der Waals surface area contributed by atoms with Crippen LogP contribution in [0.3, 0.4) is 0 Å². The Balaban J connectivity index is 3.06. The molecule has 0 fully saturated rings. The fraction of sp³-hybridized carbons (Fsp3) is 0.571. The maximum absolute atomic E-state index is 10.2. The van der Waals surface area contributed by atoms with E-state index in [4.69, 9.17) is 4.74 Å². The molecule has 0 spiro atoms. The van der Waals surface area contributed by atoms with E-state index < -0.39 is 6.10 Å². The maximum atomic E-state index is 10.2. The molecule has 0 saturated heterocycles. The molecule has 0 amide bonds. The van der Waals surface area contributed by atoms with E-state index in [1.807, 2.05) is 46.9 Å². The lowest BCUT2D eigenvalue weighted by Crippen LogP contribution is -2.29. The fourth-order valence-corrected chi connectivity index (χ4v) is 1.87. The van der Waals surface area contributed by atoms with Gasteiger partial charge in [-0.15, -0.1) is 0 Å². The fourth-order valence-electron chi connectivity index (χ4n) is 1.87. The highest BCUT2D eigenvalue weighted by molar-refractivity contribution is 5.42. The van der Waals surface area contributed by atoms with Crippen molar-refractivity contribution in [3.05, 3.63) is 28.8 Å². The topological polar surface area (TPSA) is 41.5 Å². The Morgan fingerprint density at radius 1 is 1.29 bits per heavy atom. The molecule has 96 valence electrons. The normalized spacial score (nSPS) is 14.5. The van der Waals surface area contributed by atoms with Gasteiger partial charge in [-0.05, 0) is 63.6 Å². The van der Waals surface area contributed by atoms with Crippen LogP contribution in [0.4, 0.5) is 0 Å². The lowest BCUT2D eigenvalue weighted by atomic mass is 9.96. The summed E-state index contributed by atoms with van der Waals surface area (Å²) in [5.74, 6) is 0.901. The molecular weight excluding hydrogens is 214 g/mol. The van der Waals surface area contributed by atoms with Crippen LogP contribution in [0, 0.1) is 13.8 Å². The van der Waals surface area contributed by atoms with Crippen molar-refractivity contribution in [2.45, 2.75) is 39.8 Å². The van der Waals surface area contributed by atoms with Gasteiger partial charge >= 0.3 is 0 Å². The van der Waals surface area contributed by atoms with Crippen molar-refractivity contribution < 1.29 is 9.84 Å². The van der Waals surface area contributed by atoms with Gasteiger partial charge in [-0.2, -0.15) is 0 Å². The summed E-state index contributed by atoms with van der Waals surface area (Å²) < 4.78 is 5.54. The molecule has 2 atom stereocenters. The van der Waals surface area contributed by atoms with E-state index in [-0.39, 0.29) is 6.04 Å². The van der Waals surface area contributed by atoms with Crippen molar-refractivity contribution in [2.75, 3.05) is 13.7 Å². The first kappa shape index (κ1) is 14.0. The Morgan fingerprint density at radius 2 is 1.94 bits per heavy atom. The quantitative estimate of drug-likeness (QED) is 0.826. The summed E-state index contributed by atoms with van der Waals surface area (Å²) in [5.41, 5.74) is 3.09. The van der Waals surface area contributed by atoms with Crippen LogP contribution in [-0.4, -0.2) is 24.8 Å². The molecular formula is C14H23NO2. The van der Waals surface area contributed by atoms with Crippen LogP contribution in [0.2, 0.25) is 0 Å². The second-order valence-electron chi connectivity index (χ2n) is 4.43. The highest BCUT2D eigenvalue weighted by atomic mass is 16.5. The third-order valence-corrected chi connectivity index (χ3v) is 3.11. The zero-order valence-electron chi connectivity index (χ0n) is 11.4. The zero-order chi connectivity index (χ0) is 13.0. The van der Waals surface area contributed by atoms with Crippen molar-refractivity contribution >= 4 is 0 Å². The lowest BCUT2D eigenvalue weighted by molar-refractivity contribution is 0.139. The number of ether oxygens (including phenoxy) is 1. The van der Waals surface area contributed by atoms with Gasteiger partial charge in [0, 0.05) is 6.04 Å². The second kappa shape index (κ2) is 6.03. The molecule has 0 aliphatic rings. The number of hydrogen-bond donors (Lipinski definition) is 2. The van der Waals surface area contributed by atoms with E-state index in [1.165, 1.54) is 0 Å². The van der Waals surface area contributed by atoms with Crippen LogP contribution in [0.15, 0.2) is 12.1 Å². The molecule has 0 aliphatic heterocycles. The summed E-state index contributed by atoms with van der Waals surface area (Å²) in [6, 6.07) is 4.05. The molecule has 0 heterocycles. The third-order valence-electron chi connectivity index (χ3n) is 3.11. The van der Waals surface area contributed by atoms with Gasteiger partial charge in [-0.25, -0.2) is 0 Å². The summed E-state index contributed by atoms with van der Waals surface area (Å²) in [6.45, 7) is 8.61. The lowest BCUT2D eigenvalue weighted by Gasteiger charge is -2.22. The first-order valence-corrected chi connectivity index (χ1v) is 6.10. The van der Waals surface area contributed by atoms with E-state index in [9.17, 15) is 5.11 Å². The standard InChI is InChI=1S/C14H23NO2/c1-6-17-13-8-9(2)12(7-10(13)3)14(16)11(4)15-5/h7-8,11,14-16H,6H2,1-5H3. The number of hydrogen-bond acceptors (Lipinski definition) is 3. The monoisotopic (exact) mass is 237 g/mol. The smallest absolute Gasteiger partial charge is 0.122 e. The highest BCUT2D eigenvalue weighted by Crippen LogP contribution is 2.28. The number of likely N-dealkylation sites (N-methyl/N-ethyl adjacent to an activating group) is 1. The number of nitrogens with one attached hydrogen (secondary N) is 1. The van der Waals surface area contributed by atoms with E-state index in [0.29, 0.717) is 6.61 Å². The minimum absolute atomic E-state index is 0.0334. The van der Waals surface area contributed by atoms with Crippen molar-refractivity contribution in [3.63, 3.8) is 0 Å². The van der Waals surface area contributed by atoms with Crippen LogP contribution >= 0.6 is 0 Å². The number of aliphatic hydroxyl groups is 1. The van der Waals surface area contributed by atoms with Crippen LogP contribution in [-0.2, 0) is 0 Å². The first-order chi connectivity index (χ1) is 8.01. The van der Waals surface area contributed by atoms with Crippen LogP contribution < -0.4 is 10.1 Å². The number of rotatable bonds is 5. The molecule has 1 aromatic rings. The predicted octanol–water partition coefficient (Wildman–Crippen LogP) is 2.34. The average Bonchev–Trinajstić information content (AvgIpc) is 2.31. The molecule has 1 aromatic carbocycles. The molecule has 0 radical (unpaired) electrons. The van der Waals surface area contributed by atoms with Crippen molar-refractivity contribution in [3.8, 4) is 5.75 Å². The Kier molecular flexibility index (Phi) is 4.97. The molecule has 0 aliphatic carbocycles. The average molecular weight is 237 g/mol. The molecule has 3 heteroatoms. The highest BCUT2D eigenvalue weighted by Gasteiger charge is 2.18. The summed E-state index contributed by atoms with van der Waals surface area (Å²) in [7, 11) is 1.85. The zero-order valence-corrected chi connectivity index (χ0v) is 11.4. The predicted molar refractivity (Wildman–Crippen MR) is 70.6 cm³/mol. The first-order valence-electron chi connectivity index (χ1n) is 6.10. The van der Waals surface area contributed by atoms with Crippen LogP contribution in [0.1, 0.15) is 36.6 Å². The van der Waals surface area contributed by atoms with Gasteiger partial charge in [0.2, 0.25) is 0 Å². The van der Waals surface area contributed by atoms with Gasteiger partial charge in [-0.3, -0.25) is 0 Å². The Bertz CT molecular complexity index is 377. The number of aliphatic hydroxyl groups excluding tert-OH is 1. The van der Waals surface area contributed by atoms with Gasteiger partial charge in [0.15, 0.2) is 0 Å². The van der Waals surface area contributed by atoms with Crippen LogP contribution in [0.25, 0.3) is 0 Å². The summed E-state index contributed by atoms with van der Waals surface area (Å²) in [5, 5.41) is 13.3.